The van der Waals surface area contributed by atoms with E-state index < -0.39 is 63.2 Å². The number of fused-ring (bicyclic) bond motifs is 1. The SMILES string of the molecule is C[C@@H]1CN(c2cc(F)c(-c3cc(F)c(C(=O)N4C5CCCCC54C)c(F)c3)cc2NC(=O)c2c[nH]c(=O)cc2C(F)(F)F)C[C@H](C)N1C. The molecule has 2 saturated heterocycles. The number of nitrogens with zero attached hydrogens (tertiary/aromatic N) is 3. The van der Waals surface area contributed by atoms with E-state index in [9.17, 15) is 27.6 Å². The number of halogens is 6. The summed E-state index contributed by atoms with van der Waals surface area (Å²) in [6.45, 7) is 6.49. The molecule has 1 saturated carbocycles. The molecular formula is C34H35F6N5O3. The fourth-order valence-electron chi connectivity index (χ4n) is 7.31. The second-order valence-electron chi connectivity index (χ2n) is 13.3. The Kier molecular flexibility index (Phi) is 8.37. The molecule has 2 amide bonds. The zero-order valence-corrected chi connectivity index (χ0v) is 26.8. The van der Waals surface area contributed by atoms with Gasteiger partial charge in [0.25, 0.3) is 11.8 Å². The summed E-state index contributed by atoms with van der Waals surface area (Å²) in [5.74, 6) is -5.33. The van der Waals surface area contributed by atoms with E-state index in [-0.39, 0.29) is 46.7 Å². The maximum atomic E-state index is 15.9. The predicted octanol–water partition coefficient (Wildman–Crippen LogP) is 6.42. The number of aromatic nitrogens is 1. The van der Waals surface area contributed by atoms with Crippen molar-refractivity contribution in [1.82, 2.24) is 14.8 Å². The summed E-state index contributed by atoms with van der Waals surface area (Å²) in [6.07, 6.45) is -1.12. The Morgan fingerprint density at radius 2 is 1.60 bits per heavy atom. The van der Waals surface area contributed by atoms with Crippen LogP contribution in [0.25, 0.3) is 11.1 Å². The van der Waals surface area contributed by atoms with Gasteiger partial charge in [-0.1, -0.05) is 12.8 Å². The maximum absolute atomic E-state index is 15.9. The highest BCUT2D eigenvalue weighted by atomic mass is 19.4. The van der Waals surface area contributed by atoms with Gasteiger partial charge in [-0.2, -0.15) is 13.2 Å². The number of benzene rings is 2. The first-order valence-electron chi connectivity index (χ1n) is 15.8. The van der Waals surface area contributed by atoms with Gasteiger partial charge in [0.15, 0.2) is 0 Å². The minimum atomic E-state index is -5.04. The number of H-pyrrole nitrogens is 1. The van der Waals surface area contributed by atoms with Gasteiger partial charge in [-0.15, -0.1) is 0 Å². The molecule has 2 N–H and O–H groups in total. The molecule has 3 aliphatic rings. The number of likely N-dealkylation sites (N-methyl/N-ethyl adjacent to an activating group) is 1. The van der Waals surface area contributed by atoms with Gasteiger partial charge in [0, 0.05) is 43.0 Å². The number of alkyl halides is 3. The molecule has 4 atom stereocenters. The van der Waals surface area contributed by atoms with Crippen molar-refractivity contribution in [3.63, 3.8) is 0 Å². The van der Waals surface area contributed by atoms with E-state index in [0.29, 0.717) is 19.3 Å². The molecule has 0 bridgehead atoms. The lowest BCUT2D eigenvalue weighted by Crippen LogP contribution is -2.55. The molecule has 0 radical (unpaired) electrons. The van der Waals surface area contributed by atoms with Crippen LogP contribution in [0.2, 0.25) is 0 Å². The first-order valence-corrected chi connectivity index (χ1v) is 15.8. The van der Waals surface area contributed by atoms with Crippen molar-refractivity contribution in [3.8, 4) is 11.1 Å². The van der Waals surface area contributed by atoms with Gasteiger partial charge in [-0.3, -0.25) is 19.3 Å². The summed E-state index contributed by atoms with van der Waals surface area (Å²) in [6, 6.07) is 3.92. The van der Waals surface area contributed by atoms with Gasteiger partial charge in [-0.05, 0) is 70.5 Å². The second kappa shape index (κ2) is 12.0. The molecule has 3 aromatic rings. The molecule has 8 nitrogen and oxygen atoms in total. The Hall–Kier alpha value is -4.33. The number of aromatic amines is 1. The van der Waals surface area contributed by atoms with Crippen molar-refractivity contribution in [1.29, 1.82) is 0 Å². The van der Waals surface area contributed by atoms with Crippen LogP contribution in [0.4, 0.5) is 37.7 Å². The topological polar surface area (TPSA) is 88.5 Å². The third-order valence-corrected chi connectivity index (χ3v) is 10.2. The van der Waals surface area contributed by atoms with E-state index in [2.05, 4.69) is 15.2 Å². The number of amides is 2. The number of rotatable bonds is 5. The molecule has 2 aromatic carbocycles. The number of nitrogens with one attached hydrogen (secondary N) is 2. The Morgan fingerprint density at radius 3 is 2.19 bits per heavy atom. The van der Waals surface area contributed by atoms with Gasteiger partial charge in [0.1, 0.15) is 23.0 Å². The lowest BCUT2D eigenvalue weighted by Gasteiger charge is -2.44. The number of carbonyl (C=O) groups is 2. The van der Waals surface area contributed by atoms with Gasteiger partial charge < -0.3 is 20.1 Å². The minimum Gasteiger partial charge on any atom is -0.367 e. The third kappa shape index (κ3) is 5.84. The molecule has 256 valence electrons. The third-order valence-electron chi connectivity index (χ3n) is 10.2. The van der Waals surface area contributed by atoms with Crippen molar-refractivity contribution in [2.75, 3.05) is 30.4 Å². The minimum absolute atomic E-state index is 0.0300. The first kappa shape index (κ1) is 33.6. The molecule has 2 aliphatic heterocycles. The summed E-state index contributed by atoms with van der Waals surface area (Å²) in [5, 5.41) is 2.42. The largest absolute Gasteiger partial charge is 0.417 e. The number of hydrogen-bond acceptors (Lipinski definition) is 5. The van der Waals surface area contributed by atoms with Crippen LogP contribution in [-0.2, 0) is 6.18 Å². The van der Waals surface area contributed by atoms with E-state index in [1.807, 2.05) is 27.8 Å². The average Bonchev–Trinajstić information content (AvgIpc) is 3.64. The van der Waals surface area contributed by atoms with E-state index in [0.717, 1.165) is 49.9 Å². The van der Waals surface area contributed by atoms with Crippen molar-refractivity contribution < 1.29 is 35.9 Å². The smallest absolute Gasteiger partial charge is 0.367 e. The zero-order valence-electron chi connectivity index (χ0n) is 26.8. The Balaban J connectivity index is 1.41. The number of piperazine rings is 1. The summed E-state index contributed by atoms with van der Waals surface area (Å²) in [5.41, 5.74) is -5.26. The van der Waals surface area contributed by atoms with Crippen LogP contribution < -0.4 is 15.8 Å². The molecule has 3 fully saturated rings. The number of carbonyl (C=O) groups excluding carboxylic acids is 2. The molecule has 14 heteroatoms. The molecule has 0 spiro atoms. The molecule has 1 aromatic heterocycles. The van der Waals surface area contributed by atoms with Crippen molar-refractivity contribution >= 4 is 23.2 Å². The monoisotopic (exact) mass is 675 g/mol. The highest BCUT2D eigenvalue weighted by molar-refractivity contribution is 6.07. The number of anilines is 2. The van der Waals surface area contributed by atoms with Crippen LogP contribution in [0.1, 0.15) is 72.7 Å². The van der Waals surface area contributed by atoms with E-state index in [1.54, 1.807) is 4.90 Å². The summed E-state index contributed by atoms with van der Waals surface area (Å²) >= 11 is 0. The van der Waals surface area contributed by atoms with Crippen LogP contribution in [0.3, 0.4) is 0 Å². The number of likely N-dealkylation sites (tertiary alicyclic amines) is 1. The van der Waals surface area contributed by atoms with Gasteiger partial charge in [0.05, 0.1) is 34.1 Å². The summed E-state index contributed by atoms with van der Waals surface area (Å²) < 4.78 is 88.4. The Morgan fingerprint density at radius 1 is 0.958 bits per heavy atom. The molecule has 48 heavy (non-hydrogen) atoms. The summed E-state index contributed by atoms with van der Waals surface area (Å²) in [4.78, 5) is 45.7. The normalized spacial score (nSPS) is 24.3. The van der Waals surface area contributed by atoms with Crippen LogP contribution in [-0.4, -0.2) is 70.4 Å². The Bertz CT molecular complexity index is 1830. The average molecular weight is 676 g/mol. The summed E-state index contributed by atoms with van der Waals surface area (Å²) in [7, 11) is 1.92. The van der Waals surface area contributed by atoms with Crippen molar-refractivity contribution in [2.45, 2.75) is 76.3 Å². The fourth-order valence-corrected chi connectivity index (χ4v) is 7.31. The molecule has 2 unspecified atom stereocenters. The van der Waals surface area contributed by atoms with Crippen molar-refractivity contribution in [2.24, 2.45) is 0 Å². The van der Waals surface area contributed by atoms with Crippen LogP contribution in [0.15, 0.2) is 41.3 Å². The van der Waals surface area contributed by atoms with Gasteiger partial charge in [0.2, 0.25) is 5.56 Å². The Labute approximate surface area is 272 Å². The van der Waals surface area contributed by atoms with E-state index in [1.165, 1.54) is 4.90 Å². The number of hydrogen-bond donors (Lipinski definition) is 2. The van der Waals surface area contributed by atoms with Crippen molar-refractivity contribution in [3.05, 3.63) is 81.0 Å². The fraction of sp³-hybridized carbons (Fsp3) is 0.441. The zero-order chi connectivity index (χ0) is 34.9. The van der Waals surface area contributed by atoms with E-state index in [4.69, 9.17) is 0 Å². The number of pyridine rings is 1. The maximum Gasteiger partial charge on any atom is 0.417 e. The van der Waals surface area contributed by atoms with Gasteiger partial charge in [-0.25, -0.2) is 13.2 Å². The highest BCUT2D eigenvalue weighted by Crippen LogP contribution is 2.52. The standard InChI is InChI=1S/C34H35F6N5O3/c1-17-15-44(16-18(2)43(17)4)27-13-23(35)20(11-26(27)42-31(47)21-14-41-29(46)12-22(21)34(38,39)40)19-9-24(36)30(25(37)10-19)32(48)45-28-7-5-6-8-33(28,45)3/h9-14,17-18,28H,5-8,15-16H2,1-4H3,(H,41,46)(H,42,47)/t17-,18+,28?,33?,45?. The highest BCUT2D eigenvalue weighted by Gasteiger charge is 2.62. The van der Waals surface area contributed by atoms with E-state index >= 15 is 13.2 Å². The lowest BCUT2D eigenvalue weighted by atomic mass is 9.91. The lowest BCUT2D eigenvalue weighted by molar-refractivity contribution is -0.138. The van der Waals surface area contributed by atoms with Crippen LogP contribution in [0.5, 0.6) is 0 Å². The molecule has 1 aliphatic carbocycles. The molecule has 6 rings (SSSR count). The second-order valence-corrected chi connectivity index (χ2v) is 13.3. The van der Waals surface area contributed by atoms with Crippen LogP contribution >= 0.6 is 0 Å². The predicted molar refractivity (Wildman–Crippen MR) is 168 cm³/mol. The molecule has 3 heterocycles. The molecular weight excluding hydrogens is 640 g/mol. The van der Waals surface area contributed by atoms with Gasteiger partial charge >= 0.3 is 6.18 Å². The quantitative estimate of drug-likeness (QED) is 0.241. The first-order chi connectivity index (χ1) is 22.5. The van der Waals surface area contributed by atoms with Crippen LogP contribution in [0, 0.1) is 17.5 Å².